The first kappa shape index (κ1) is 10.1. The molecule has 2 fully saturated rings. The summed E-state index contributed by atoms with van der Waals surface area (Å²) in [5, 5.41) is 0. The minimum absolute atomic E-state index is 0.113. The van der Waals surface area contributed by atoms with Crippen molar-refractivity contribution in [2.75, 3.05) is 19.8 Å². The Morgan fingerprint density at radius 2 is 2.14 bits per heavy atom. The van der Waals surface area contributed by atoms with Crippen LogP contribution < -0.4 is 0 Å². The number of carbonyl (C=O) groups excluding carboxylic acids is 1. The smallest absolute Gasteiger partial charge is 0.147 e. The monoisotopic (exact) mass is 197 g/mol. The maximum absolute atomic E-state index is 11.6. The summed E-state index contributed by atoms with van der Waals surface area (Å²) in [5.41, 5.74) is 0. The first-order chi connectivity index (χ1) is 6.61. The molecule has 3 atom stereocenters. The van der Waals surface area contributed by atoms with E-state index in [2.05, 4.69) is 18.7 Å². The van der Waals surface area contributed by atoms with E-state index in [0.29, 0.717) is 23.7 Å². The predicted octanol–water partition coefficient (Wildman–Crippen LogP) is 0.931. The Balaban J connectivity index is 2.17. The molecule has 3 nitrogen and oxygen atoms in total. The summed E-state index contributed by atoms with van der Waals surface area (Å²) in [4.78, 5) is 13.9. The van der Waals surface area contributed by atoms with Gasteiger partial charge in [-0.05, 0) is 20.8 Å². The van der Waals surface area contributed by atoms with Crippen LogP contribution >= 0.6 is 0 Å². The largest absolute Gasteiger partial charge is 0.381 e. The fraction of sp³-hybridized carbons (Fsp3) is 0.909. The van der Waals surface area contributed by atoms with Crippen LogP contribution in [0.2, 0.25) is 0 Å². The van der Waals surface area contributed by atoms with Gasteiger partial charge in [-0.2, -0.15) is 0 Å². The van der Waals surface area contributed by atoms with Crippen molar-refractivity contribution in [3.63, 3.8) is 0 Å². The van der Waals surface area contributed by atoms with Crippen LogP contribution in [0.25, 0.3) is 0 Å². The Morgan fingerprint density at radius 3 is 2.71 bits per heavy atom. The topological polar surface area (TPSA) is 29.5 Å². The number of fused-ring (bicyclic) bond motifs is 1. The third kappa shape index (κ3) is 1.48. The van der Waals surface area contributed by atoms with Gasteiger partial charge in [0.25, 0.3) is 0 Å². The van der Waals surface area contributed by atoms with E-state index >= 15 is 0 Å². The number of hydrogen-bond acceptors (Lipinski definition) is 3. The van der Waals surface area contributed by atoms with Crippen molar-refractivity contribution in [1.82, 2.24) is 4.90 Å². The number of likely N-dealkylation sites (tertiary alicyclic amines) is 1. The second-order valence-electron chi connectivity index (χ2n) is 4.81. The summed E-state index contributed by atoms with van der Waals surface area (Å²) >= 11 is 0. The average Bonchev–Trinajstić information content (AvgIpc) is 2.58. The van der Waals surface area contributed by atoms with Crippen molar-refractivity contribution in [3.8, 4) is 0 Å². The molecule has 0 saturated carbocycles. The fourth-order valence-electron chi connectivity index (χ4n) is 2.85. The van der Waals surface area contributed by atoms with Crippen LogP contribution in [-0.4, -0.2) is 42.5 Å². The first-order valence-corrected chi connectivity index (χ1v) is 5.45. The Hall–Kier alpha value is -0.410. The first-order valence-electron chi connectivity index (χ1n) is 5.45. The standard InChI is InChI=1S/C11H19NO2/c1-7(2)12-4-9-5-14-6-10(9)11(12)8(3)13/h7,9-11H,4-6H2,1-3H3. The normalized spacial score (nSPS) is 37.9. The van der Waals surface area contributed by atoms with Crippen LogP contribution in [0.5, 0.6) is 0 Å². The van der Waals surface area contributed by atoms with Crippen LogP contribution in [0.15, 0.2) is 0 Å². The van der Waals surface area contributed by atoms with E-state index in [-0.39, 0.29) is 6.04 Å². The van der Waals surface area contributed by atoms with E-state index in [1.165, 1.54) is 0 Å². The van der Waals surface area contributed by atoms with Crippen molar-refractivity contribution in [1.29, 1.82) is 0 Å². The number of ketones is 1. The second-order valence-corrected chi connectivity index (χ2v) is 4.81. The van der Waals surface area contributed by atoms with E-state index < -0.39 is 0 Å². The van der Waals surface area contributed by atoms with E-state index in [1.807, 2.05) is 0 Å². The van der Waals surface area contributed by atoms with Crippen LogP contribution in [-0.2, 0) is 9.53 Å². The quantitative estimate of drug-likeness (QED) is 0.659. The Kier molecular flexibility index (Phi) is 2.62. The molecular weight excluding hydrogens is 178 g/mol. The van der Waals surface area contributed by atoms with Gasteiger partial charge in [0, 0.05) is 24.4 Å². The highest BCUT2D eigenvalue weighted by atomic mass is 16.5. The van der Waals surface area contributed by atoms with Gasteiger partial charge in [-0.1, -0.05) is 0 Å². The third-order valence-electron chi connectivity index (χ3n) is 3.54. The van der Waals surface area contributed by atoms with Crippen molar-refractivity contribution in [3.05, 3.63) is 0 Å². The molecule has 0 aromatic heterocycles. The lowest BCUT2D eigenvalue weighted by Crippen LogP contribution is -2.43. The van der Waals surface area contributed by atoms with Crippen LogP contribution in [0.1, 0.15) is 20.8 Å². The summed E-state index contributed by atoms with van der Waals surface area (Å²) in [6.07, 6.45) is 0. The molecule has 0 bridgehead atoms. The molecule has 3 heteroatoms. The molecular formula is C11H19NO2. The molecule has 2 heterocycles. The van der Waals surface area contributed by atoms with E-state index in [0.717, 1.165) is 19.8 Å². The zero-order valence-electron chi connectivity index (χ0n) is 9.19. The molecule has 3 unspecified atom stereocenters. The van der Waals surface area contributed by atoms with Gasteiger partial charge in [-0.3, -0.25) is 9.69 Å². The lowest BCUT2D eigenvalue weighted by Gasteiger charge is -2.28. The molecule has 0 amide bonds. The lowest BCUT2D eigenvalue weighted by molar-refractivity contribution is -0.123. The number of carbonyl (C=O) groups is 1. The van der Waals surface area contributed by atoms with Crippen molar-refractivity contribution in [2.45, 2.75) is 32.9 Å². The molecule has 0 radical (unpaired) electrons. The van der Waals surface area contributed by atoms with Gasteiger partial charge in [-0.25, -0.2) is 0 Å². The third-order valence-corrected chi connectivity index (χ3v) is 3.54. The number of ether oxygens (including phenoxy) is 1. The van der Waals surface area contributed by atoms with E-state index in [1.54, 1.807) is 6.92 Å². The molecule has 2 aliphatic rings. The average molecular weight is 197 g/mol. The van der Waals surface area contributed by atoms with E-state index in [9.17, 15) is 4.79 Å². The van der Waals surface area contributed by atoms with Crippen LogP contribution in [0, 0.1) is 11.8 Å². The molecule has 0 N–H and O–H groups in total. The maximum Gasteiger partial charge on any atom is 0.147 e. The van der Waals surface area contributed by atoms with Crippen molar-refractivity contribution < 1.29 is 9.53 Å². The van der Waals surface area contributed by atoms with Gasteiger partial charge in [0.2, 0.25) is 0 Å². The van der Waals surface area contributed by atoms with Crippen LogP contribution in [0.4, 0.5) is 0 Å². The molecule has 0 aliphatic carbocycles. The minimum Gasteiger partial charge on any atom is -0.381 e. The number of nitrogens with zero attached hydrogens (tertiary/aromatic N) is 1. The summed E-state index contributed by atoms with van der Waals surface area (Å²) in [6.45, 7) is 8.69. The highest BCUT2D eigenvalue weighted by Gasteiger charge is 2.47. The maximum atomic E-state index is 11.6. The lowest BCUT2D eigenvalue weighted by atomic mass is 9.92. The molecule has 14 heavy (non-hydrogen) atoms. The molecule has 0 aromatic rings. The Bertz CT molecular complexity index is 239. The van der Waals surface area contributed by atoms with Gasteiger partial charge in [0.15, 0.2) is 0 Å². The molecule has 2 rings (SSSR count). The molecule has 80 valence electrons. The predicted molar refractivity (Wildman–Crippen MR) is 54.1 cm³/mol. The van der Waals surface area contributed by atoms with Gasteiger partial charge in [-0.15, -0.1) is 0 Å². The van der Waals surface area contributed by atoms with Crippen molar-refractivity contribution >= 4 is 5.78 Å². The molecule has 2 saturated heterocycles. The van der Waals surface area contributed by atoms with E-state index in [4.69, 9.17) is 4.74 Å². The van der Waals surface area contributed by atoms with Crippen molar-refractivity contribution in [2.24, 2.45) is 11.8 Å². The zero-order chi connectivity index (χ0) is 10.3. The Labute approximate surface area is 85.4 Å². The Morgan fingerprint density at radius 1 is 1.43 bits per heavy atom. The van der Waals surface area contributed by atoms with Gasteiger partial charge in [0.1, 0.15) is 5.78 Å². The minimum atomic E-state index is 0.113. The summed E-state index contributed by atoms with van der Waals surface area (Å²) < 4.78 is 5.44. The zero-order valence-corrected chi connectivity index (χ0v) is 9.19. The highest BCUT2D eigenvalue weighted by Crippen LogP contribution is 2.36. The molecule has 0 aromatic carbocycles. The van der Waals surface area contributed by atoms with Gasteiger partial charge in [0.05, 0.1) is 19.3 Å². The molecule has 2 aliphatic heterocycles. The SMILES string of the molecule is CC(=O)C1C2COCC2CN1C(C)C. The number of Topliss-reactive ketones (excluding diaryl/α,β-unsaturated/α-hetero) is 1. The summed E-state index contributed by atoms with van der Waals surface area (Å²) in [7, 11) is 0. The fourth-order valence-corrected chi connectivity index (χ4v) is 2.85. The second kappa shape index (κ2) is 3.63. The number of hydrogen-bond donors (Lipinski definition) is 0. The molecule has 0 spiro atoms. The van der Waals surface area contributed by atoms with Gasteiger partial charge >= 0.3 is 0 Å². The number of rotatable bonds is 2. The van der Waals surface area contributed by atoms with Crippen LogP contribution in [0.3, 0.4) is 0 Å². The summed E-state index contributed by atoms with van der Waals surface area (Å²) in [5.74, 6) is 1.35. The highest BCUT2D eigenvalue weighted by molar-refractivity contribution is 5.82. The van der Waals surface area contributed by atoms with Gasteiger partial charge < -0.3 is 4.74 Å². The summed E-state index contributed by atoms with van der Waals surface area (Å²) in [6, 6.07) is 0.581.